The first-order valence-corrected chi connectivity index (χ1v) is 9.08. The average Bonchev–Trinajstić information content (AvgIpc) is 3.12. The highest BCUT2D eigenvalue weighted by atomic mass is 32.2. The van der Waals surface area contributed by atoms with E-state index in [1.54, 1.807) is 0 Å². The van der Waals surface area contributed by atoms with E-state index in [0.717, 1.165) is 48.9 Å². The molecule has 0 aromatic heterocycles. The zero-order valence-electron chi connectivity index (χ0n) is 13.2. The summed E-state index contributed by atoms with van der Waals surface area (Å²) in [6.45, 7) is 4.78. The molecule has 3 heterocycles. The van der Waals surface area contributed by atoms with Crippen LogP contribution in [0.25, 0.3) is 0 Å². The number of thioether (sulfide) groups is 1. The lowest BCUT2D eigenvalue weighted by Crippen LogP contribution is -2.61. The van der Waals surface area contributed by atoms with Gasteiger partial charge in [-0.2, -0.15) is 0 Å². The highest BCUT2D eigenvalue weighted by molar-refractivity contribution is 8.01. The molecule has 6 heteroatoms. The van der Waals surface area contributed by atoms with Crippen molar-refractivity contribution in [3.63, 3.8) is 0 Å². The van der Waals surface area contributed by atoms with Crippen LogP contribution in [0.2, 0.25) is 0 Å². The molecule has 1 aromatic carbocycles. The average molecular weight is 335 g/mol. The van der Waals surface area contributed by atoms with Crippen LogP contribution in [0, 0.1) is 0 Å². The molecule has 23 heavy (non-hydrogen) atoms. The number of carbonyl (C=O) groups is 1. The third-order valence-corrected chi connectivity index (χ3v) is 6.26. The summed E-state index contributed by atoms with van der Waals surface area (Å²) in [7, 11) is 0. The van der Waals surface area contributed by atoms with E-state index < -0.39 is 0 Å². The van der Waals surface area contributed by atoms with Crippen molar-refractivity contribution in [2.75, 3.05) is 32.2 Å². The summed E-state index contributed by atoms with van der Waals surface area (Å²) in [5.74, 6) is 2.74. The molecule has 1 spiro atoms. The van der Waals surface area contributed by atoms with Gasteiger partial charge in [0.25, 0.3) is 0 Å². The summed E-state index contributed by atoms with van der Waals surface area (Å²) < 4.78 is 16.6. The smallest absolute Gasteiger partial charge is 0.231 e. The van der Waals surface area contributed by atoms with E-state index in [9.17, 15) is 4.79 Å². The van der Waals surface area contributed by atoms with Crippen molar-refractivity contribution in [3.05, 3.63) is 23.8 Å². The van der Waals surface area contributed by atoms with Crippen LogP contribution in [-0.2, 0) is 16.0 Å². The monoisotopic (exact) mass is 335 g/mol. The summed E-state index contributed by atoms with van der Waals surface area (Å²) in [4.78, 5) is 14.4. The highest BCUT2D eigenvalue weighted by Gasteiger charge is 2.50. The van der Waals surface area contributed by atoms with Gasteiger partial charge in [-0.1, -0.05) is 6.07 Å². The minimum atomic E-state index is 0.190. The summed E-state index contributed by atoms with van der Waals surface area (Å²) in [5, 5.41) is 0. The van der Waals surface area contributed by atoms with E-state index in [2.05, 4.69) is 0 Å². The fourth-order valence-corrected chi connectivity index (χ4v) is 5.08. The molecule has 4 rings (SSSR count). The molecule has 3 aliphatic rings. The zero-order chi connectivity index (χ0) is 15.9. The molecule has 1 aromatic rings. The molecule has 1 amide bonds. The predicted octanol–water partition coefficient (Wildman–Crippen LogP) is 2.08. The van der Waals surface area contributed by atoms with Gasteiger partial charge in [-0.15, -0.1) is 11.8 Å². The van der Waals surface area contributed by atoms with Crippen LogP contribution in [0.4, 0.5) is 0 Å². The molecule has 2 saturated heterocycles. The SMILES string of the molecule is CCOC1CSC2(C1)CN(C(=O)Cc1ccc3c(c1)OCO3)C2. The summed E-state index contributed by atoms with van der Waals surface area (Å²) >= 11 is 1.97. The van der Waals surface area contributed by atoms with Crippen LogP contribution in [-0.4, -0.2) is 53.9 Å². The molecule has 0 bridgehead atoms. The van der Waals surface area contributed by atoms with Gasteiger partial charge in [-0.05, 0) is 31.0 Å². The van der Waals surface area contributed by atoms with Gasteiger partial charge in [-0.3, -0.25) is 4.79 Å². The fourth-order valence-electron chi connectivity index (χ4n) is 3.53. The number of hydrogen-bond acceptors (Lipinski definition) is 5. The van der Waals surface area contributed by atoms with Gasteiger partial charge in [0.2, 0.25) is 12.7 Å². The van der Waals surface area contributed by atoms with E-state index in [1.165, 1.54) is 0 Å². The maximum Gasteiger partial charge on any atom is 0.231 e. The van der Waals surface area contributed by atoms with E-state index >= 15 is 0 Å². The molecule has 3 aliphatic heterocycles. The standard InChI is InChI=1S/C17H21NO4S/c1-2-20-13-7-17(23-8-13)9-18(10-17)16(19)6-12-3-4-14-15(5-12)22-11-21-14/h3-5,13H,2,6-11H2,1H3. The Hall–Kier alpha value is -1.40. The van der Waals surface area contributed by atoms with Gasteiger partial charge in [0.05, 0.1) is 17.3 Å². The maximum atomic E-state index is 12.5. The third-order valence-electron chi connectivity index (χ3n) is 4.68. The van der Waals surface area contributed by atoms with Crippen LogP contribution in [0.3, 0.4) is 0 Å². The van der Waals surface area contributed by atoms with Crippen molar-refractivity contribution in [2.45, 2.75) is 30.6 Å². The Morgan fingerprint density at radius 2 is 2.22 bits per heavy atom. The molecular weight excluding hydrogens is 314 g/mol. The predicted molar refractivity (Wildman–Crippen MR) is 88.1 cm³/mol. The number of carbonyl (C=O) groups excluding carboxylic acids is 1. The largest absolute Gasteiger partial charge is 0.454 e. The lowest BCUT2D eigenvalue weighted by molar-refractivity contribution is -0.136. The van der Waals surface area contributed by atoms with Crippen molar-refractivity contribution in [3.8, 4) is 11.5 Å². The summed E-state index contributed by atoms with van der Waals surface area (Å²) in [6, 6.07) is 5.73. The van der Waals surface area contributed by atoms with Crippen LogP contribution < -0.4 is 9.47 Å². The number of amides is 1. The molecule has 1 atom stereocenters. The Balaban J connectivity index is 1.32. The molecule has 124 valence electrons. The molecule has 0 N–H and O–H groups in total. The Labute approximate surface area is 140 Å². The minimum Gasteiger partial charge on any atom is -0.454 e. The molecule has 0 aliphatic carbocycles. The number of fused-ring (bicyclic) bond motifs is 1. The number of nitrogens with zero attached hydrogens (tertiary/aromatic N) is 1. The quantitative estimate of drug-likeness (QED) is 0.843. The second-order valence-corrected chi connectivity index (χ2v) is 7.88. The molecule has 0 saturated carbocycles. The number of likely N-dealkylation sites (tertiary alicyclic amines) is 1. The maximum absolute atomic E-state index is 12.5. The van der Waals surface area contributed by atoms with Crippen molar-refractivity contribution in [1.82, 2.24) is 4.90 Å². The Kier molecular flexibility index (Phi) is 3.89. The van der Waals surface area contributed by atoms with Crippen molar-refractivity contribution in [2.24, 2.45) is 0 Å². The first kappa shape index (κ1) is 15.1. The Bertz CT molecular complexity index is 615. The first-order chi connectivity index (χ1) is 11.2. The summed E-state index contributed by atoms with van der Waals surface area (Å²) in [5.41, 5.74) is 0.978. The Morgan fingerprint density at radius 3 is 3.04 bits per heavy atom. The van der Waals surface area contributed by atoms with E-state index in [-0.39, 0.29) is 17.4 Å². The van der Waals surface area contributed by atoms with Crippen LogP contribution >= 0.6 is 11.8 Å². The van der Waals surface area contributed by atoms with Gasteiger partial charge in [0.15, 0.2) is 11.5 Å². The van der Waals surface area contributed by atoms with Gasteiger partial charge >= 0.3 is 0 Å². The van der Waals surface area contributed by atoms with E-state index in [1.807, 2.05) is 41.8 Å². The zero-order valence-corrected chi connectivity index (χ0v) is 14.1. The highest BCUT2D eigenvalue weighted by Crippen LogP contribution is 2.46. The number of rotatable bonds is 4. The molecule has 2 fully saturated rings. The number of ether oxygens (including phenoxy) is 3. The van der Waals surface area contributed by atoms with Gasteiger partial charge < -0.3 is 19.1 Å². The molecule has 0 radical (unpaired) electrons. The lowest BCUT2D eigenvalue weighted by atomic mass is 9.92. The van der Waals surface area contributed by atoms with Crippen molar-refractivity contribution in [1.29, 1.82) is 0 Å². The lowest BCUT2D eigenvalue weighted by Gasteiger charge is -2.47. The number of hydrogen-bond donors (Lipinski definition) is 0. The van der Waals surface area contributed by atoms with Crippen LogP contribution in [0.15, 0.2) is 18.2 Å². The number of benzene rings is 1. The van der Waals surface area contributed by atoms with E-state index in [0.29, 0.717) is 12.5 Å². The normalized spacial score (nSPS) is 24.0. The second-order valence-electron chi connectivity index (χ2n) is 6.39. The minimum absolute atomic E-state index is 0.190. The molecule has 1 unspecified atom stereocenters. The van der Waals surface area contributed by atoms with Gasteiger partial charge in [0, 0.05) is 25.4 Å². The summed E-state index contributed by atoms with van der Waals surface area (Å²) in [6.07, 6.45) is 1.85. The van der Waals surface area contributed by atoms with Crippen molar-refractivity contribution >= 4 is 17.7 Å². The van der Waals surface area contributed by atoms with E-state index in [4.69, 9.17) is 14.2 Å². The molecular formula is C17H21NO4S. The van der Waals surface area contributed by atoms with Crippen molar-refractivity contribution < 1.29 is 19.0 Å². The molecule has 5 nitrogen and oxygen atoms in total. The third kappa shape index (κ3) is 2.90. The van der Waals surface area contributed by atoms with Gasteiger partial charge in [0.1, 0.15) is 0 Å². The fraction of sp³-hybridized carbons (Fsp3) is 0.588. The van der Waals surface area contributed by atoms with Gasteiger partial charge in [-0.25, -0.2) is 0 Å². The van der Waals surface area contributed by atoms with Crippen LogP contribution in [0.5, 0.6) is 11.5 Å². The Morgan fingerprint density at radius 1 is 1.39 bits per heavy atom. The topological polar surface area (TPSA) is 48.0 Å². The second kappa shape index (κ2) is 5.91. The first-order valence-electron chi connectivity index (χ1n) is 8.09. The van der Waals surface area contributed by atoms with Crippen LogP contribution in [0.1, 0.15) is 18.9 Å².